The van der Waals surface area contributed by atoms with Gasteiger partial charge in [-0.25, -0.2) is 13.1 Å². The molecule has 6 nitrogen and oxygen atoms in total. The summed E-state index contributed by atoms with van der Waals surface area (Å²) in [6.45, 7) is 1.00. The minimum absolute atomic E-state index is 0.0597. The average Bonchev–Trinajstić information content (AvgIpc) is 2.37. The monoisotopic (exact) mass is 298 g/mol. The molecule has 20 heavy (non-hydrogen) atoms. The van der Waals surface area contributed by atoms with Crippen LogP contribution in [0, 0.1) is 0 Å². The van der Waals surface area contributed by atoms with Crippen molar-refractivity contribution in [2.45, 2.75) is 18.9 Å². The number of phenolic OH excluding ortho intramolecular Hbond substituents is 1. The molecule has 1 aliphatic rings. The second-order valence-electron chi connectivity index (χ2n) is 5.01. The largest absolute Gasteiger partial charge is 0.508 e. The molecule has 0 saturated carbocycles. The highest BCUT2D eigenvalue weighted by atomic mass is 32.2. The molecule has 1 amide bonds. The number of rotatable bonds is 3. The topological polar surface area (TPSA) is 86.7 Å². The summed E-state index contributed by atoms with van der Waals surface area (Å²) in [6, 6.07) is 6.12. The normalized spacial score (nSPS) is 17.1. The summed E-state index contributed by atoms with van der Waals surface area (Å²) < 4.78 is 24.9. The van der Waals surface area contributed by atoms with Gasteiger partial charge in [-0.2, -0.15) is 0 Å². The van der Waals surface area contributed by atoms with Gasteiger partial charge in [0.1, 0.15) is 5.75 Å². The Balaban J connectivity index is 1.95. The molecule has 0 spiro atoms. The maximum absolute atomic E-state index is 12.2. The summed E-state index contributed by atoms with van der Waals surface area (Å²) in [5.74, 6) is -0.0804. The Bertz CT molecular complexity index is 592. The van der Waals surface area contributed by atoms with Gasteiger partial charge in [-0.1, -0.05) is 6.07 Å². The van der Waals surface area contributed by atoms with Crippen LogP contribution in [0.4, 0.5) is 0 Å². The van der Waals surface area contributed by atoms with Gasteiger partial charge in [0, 0.05) is 24.7 Å². The summed E-state index contributed by atoms with van der Waals surface area (Å²) in [5.41, 5.74) is 0.444. The number of benzene rings is 1. The Hall–Kier alpha value is -1.60. The number of piperidine rings is 1. The number of aromatic hydroxyl groups is 1. The minimum atomic E-state index is -3.21. The third-order valence-corrected chi connectivity index (χ3v) is 4.02. The second-order valence-corrected chi connectivity index (χ2v) is 6.79. The van der Waals surface area contributed by atoms with Gasteiger partial charge in [-0.3, -0.25) is 4.79 Å². The number of hydrogen-bond donors (Lipinski definition) is 2. The lowest BCUT2D eigenvalue weighted by Gasteiger charge is -2.32. The van der Waals surface area contributed by atoms with Crippen LogP contribution in [0.15, 0.2) is 24.3 Å². The predicted molar refractivity (Wildman–Crippen MR) is 75.0 cm³/mol. The van der Waals surface area contributed by atoms with Crippen LogP contribution in [0.1, 0.15) is 23.2 Å². The van der Waals surface area contributed by atoms with E-state index < -0.39 is 10.0 Å². The van der Waals surface area contributed by atoms with Crippen molar-refractivity contribution in [2.24, 2.45) is 0 Å². The fourth-order valence-electron chi connectivity index (χ4n) is 2.32. The molecule has 1 aliphatic heterocycles. The van der Waals surface area contributed by atoms with Crippen molar-refractivity contribution in [1.82, 2.24) is 9.62 Å². The van der Waals surface area contributed by atoms with Crippen LogP contribution in [-0.4, -0.2) is 49.7 Å². The first kappa shape index (κ1) is 14.8. The first-order valence-corrected chi connectivity index (χ1v) is 8.30. The van der Waals surface area contributed by atoms with E-state index in [1.165, 1.54) is 12.1 Å². The highest BCUT2D eigenvalue weighted by molar-refractivity contribution is 7.88. The standard InChI is InChI=1S/C13H18N2O4S/c1-20(18,19)14-11-5-7-15(8-6-11)13(17)10-3-2-4-12(16)9-10/h2-4,9,11,14,16H,5-8H2,1H3. The van der Waals surface area contributed by atoms with Crippen molar-refractivity contribution in [3.05, 3.63) is 29.8 Å². The summed E-state index contributed by atoms with van der Waals surface area (Å²) in [4.78, 5) is 13.9. The lowest BCUT2D eigenvalue weighted by Crippen LogP contribution is -2.46. The van der Waals surface area contributed by atoms with E-state index in [0.717, 1.165) is 6.26 Å². The fourth-order valence-corrected chi connectivity index (χ4v) is 3.17. The molecule has 1 fully saturated rings. The van der Waals surface area contributed by atoms with Crippen LogP contribution in [0.3, 0.4) is 0 Å². The first-order valence-electron chi connectivity index (χ1n) is 6.41. The minimum Gasteiger partial charge on any atom is -0.508 e. The van der Waals surface area contributed by atoms with E-state index >= 15 is 0 Å². The Labute approximate surface area is 118 Å². The van der Waals surface area contributed by atoms with Crippen molar-refractivity contribution >= 4 is 15.9 Å². The quantitative estimate of drug-likeness (QED) is 0.853. The Morgan fingerprint density at radius 2 is 2.00 bits per heavy atom. The maximum Gasteiger partial charge on any atom is 0.253 e. The summed E-state index contributed by atoms with van der Waals surface area (Å²) in [6.07, 6.45) is 2.33. The number of phenols is 1. The smallest absolute Gasteiger partial charge is 0.253 e. The van der Waals surface area contributed by atoms with Gasteiger partial charge < -0.3 is 10.0 Å². The number of hydrogen-bond acceptors (Lipinski definition) is 4. The van der Waals surface area contributed by atoms with Gasteiger partial charge in [-0.15, -0.1) is 0 Å². The van der Waals surface area contributed by atoms with E-state index in [1.807, 2.05) is 0 Å². The van der Waals surface area contributed by atoms with Crippen LogP contribution in [0.5, 0.6) is 5.75 Å². The summed E-state index contributed by atoms with van der Waals surface area (Å²) in [7, 11) is -3.21. The van der Waals surface area contributed by atoms with Crippen LogP contribution < -0.4 is 4.72 Å². The van der Waals surface area contributed by atoms with E-state index in [-0.39, 0.29) is 17.7 Å². The molecule has 2 rings (SSSR count). The van der Waals surface area contributed by atoms with Crippen molar-refractivity contribution in [1.29, 1.82) is 0 Å². The molecule has 2 N–H and O–H groups in total. The van der Waals surface area contributed by atoms with Gasteiger partial charge >= 0.3 is 0 Å². The highest BCUT2D eigenvalue weighted by Crippen LogP contribution is 2.17. The van der Waals surface area contributed by atoms with Crippen molar-refractivity contribution in [2.75, 3.05) is 19.3 Å². The van der Waals surface area contributed by atoms with E-state index in [2.05, 4.69) is 4.72 Å². The molecule has 0 atom stereocenters. The summed E-state index contributed by atoms with van der Waals surface area (Å²) in [5, 5.41) is 9.38. The molecule has 0 aromatic heterocycles. The summed E-state index contributed by atoms with van der Waals surface area (Å²) >= 11 is 0. The fraction of sp³-hybridized carbons (Fsp3) is 0.462. The Morgan fingerprint density at radius 1 is 1.35 bits per heavy atom. The first-order chi connectivity index (χ1) is 9.35. The molecule has 0 radical (unpaired) electrons. The van der Waals surface area contributed by atoms with Gasteiger partial charge in [0.25, 0.3) is 5.91 Å². The molecule has 0 unspecified atom stereocenters. The van der Waals surface area contributed by atoms with Crippen LogP contribution in [0.25, 0.3) is 0 Å². The molecule has 110 valence electrons. The van der Waals surface area contributed by atoms with Gasteiger partial charge in [0.05, 0.1) is 6.26 Å². The van der Waals surface area contributed by atoms with E-state index in [1.54, 1.807) is 17.0 Å². The number of nitrogens with one attached hydrogen (secondary N) is 1. The van der Waals surface area contributed by atoms with Crippen molar-refractivity contribution in [3.8, 4) is 5.75 Å². The third-order valence-electron chi connectivity index (χ3n) is 3.26. The number of amides is 1. The Kier molecular flexibility index (Phi) is 4.29. The zero-order valence-corrected chi connectivity index (χ0v) is 12.1. The molecular formula is C13H18N2O4S. The molecule has 1 heterocycles. The van der Waals surface area contributed by atoms with E-state index in [9.17, 15) is 18.3 Å². The third kappa shape index (κ3) is 3.94. The molecule has 1 aromatic carbocycles. The molecule has 1 aromatic rings. The van der Waals surface area contributed by atoms with Crippen LogP contribution >= 0.6 is 0 Å². The van der Waals surface area contributed by atoms with Crippen molar-refractivity contribution in [3.63, 3.8) is 0 Å². The highest BCUT2D eigenvalue weighted by Gasteiger charge is 2.25. The molecule has 7 heteroatoms. The maximum atomic E-state index is 12.2. The Morgan fingerprint density at radius 3 is 2.55 bits per heavy atom. The second kappa shape index (κ2) is 5.80. The van der Waals surface area contributed by atoms with Gasteiger partial charge in [0.15, 0.2) is 0 Å². The number of sulfonamides is 1. The molecule has 0 aliphatic carbocycles. The van der Waals surface area contributed by atoms with Crippen LogP contribution in [-0.2, 0) is 10.0 Å². The van der Waals surface area contributed by atoms with E-state index in [0.29, 0.717) is 31.5 Å². The zero-order chi connectivity index (χ0) is 14.8. The number of carbonyl (C=O) groups excluding carboxylic acids is 1. The van der Waals surface area contributed by atoms with Crippen molar-refractivity contribution < 1.29 is 18.3 Å². The molecule has 1 saturated heterocycles. The lowest BCUT2D eigenvalue weighted by molar-refractivity contribution is 0.0711. The van der Waals surface area contributed by atoms with E-state index in [4.69, 9.17) is 0 Å². The molecular weight excluding hydrogens is 280 g/mol. The number of nitrogens with zero attached hydrogens (tertiary/aromatic N) is 1. The van der Waals surface area contributed by atoms with Gasteiger partial charge in [0.2, 0.25) is 10.0 Å². The number of carbonyl (C=O) groups is 1. The number of likely N-dealkylation sites (tertiary alicyclic amines) is 1. The lowest BCUT2D eigenvalue weighted by atomic mass is 10.0. The molecule has 0 bridgehead atoms. The predicted octanol–water partition coefficient (Wildman–Crippen LogP) is 0.546. The average molecular weight is 298 g/mol. The SMILES string of the molecule is CS(=O)(=O)NC1CCN(C(=O)c2cccc(O)c2)CC1. The zero-order valence-electron chi connectivity index (χ0n) is 11.2. The van der Waals surface area contributed by atoms with Gasteiger partial charge in [-0.05, 0) is 31.0 Å². The van der Waals surface area contributed by atoms with Crippen LogP contribution in [0.2, 0.25) is 0 Å².